The lowest BCUT2D eigenvalue weighted by molar-refractivity contribution is -0.114. The van der Waals surface area contributed by atoms with Gasteiger partial charge in [-0.3, -0.25) is 13.8 Å². The van der Waals surface area contributed by atoms with Crippen molar-refractivity contribution in [3.05, 3.63) is 65.7 Å². The first-order valence-electron chi connectivity index (χ1n) is 9.36. The van der Waals surface area contributed by atoms with E-state index in [4.69, 9.17) is 4.74 Å². The van der Waals surface area contributed by atoms with Gasteiger partial charge in [0, 0.05) is 7.05 Å². The van der Waals surface area contributed by atoms with Crippen LogP contribution >= 0.6 is 0 Å². The second-order valence-electron chi connectivity index (χ2n) is 6.86. The molecule has 0 spiro atoms. The number of aromatic nitrogens is 2. The Morgan fingerprint density at radius 2 is 1.81 bits per heavy atom. The molecular formula is C21H23FN4O4S. The van der Waals surface area contributed by atoms with Crippen molar-refractivity contribution < 1.29 is 22.3 Å². The second kappa shape index (κ2) is 8.76. The molecule has 1 aromatic heterocycles. The molecule has 0 fully saturated rings. The number of anilines is 2. The van der Waals surface area contributed by atoms with Crippen molar-refractivity contribution in [3.8, 4) is 5.75 Å². The minimum absolute atomic E-state index is 0.0181. The van der Waals surface area contributed by atoms with Gasteiger partial charge in [-0.1, -0.05) is 12.1 Å². The molecule has 0 unspecified atom stereocenters. The Labute approximate surface area is 180 Å². The Kier molecular flexibility index (Phi) is 6.30. The summed E-state index contributed by atoms with van der Waals surface area (Å²) in [6, 6.07) is 11.9. The normalized spacial score (nSPS) is 11.3. The third-order valence-electron chi connectivity index (χ3n) is 4.79. The molecule has 0 aliphatic heterocycles. The van der Waals surface area contributed by atoms with Gasteiger partial charge in [0.15, 0.2) is 0 Å². The smallest absolute Gasteiger partial charge is 0.268 e. The van der Waals surface area contributed by atoms with E-state index < -0.39 is 28.3 Å². The van der Waals surface area contributed by atoms with E-state index in [1.165, 1.54) is 42.1 Å². The number of nitrogens with zero attached hydrogens (tertiary/aromatic N) is 3. The third-order valence-corrected chi connectivity index (χ3v) is 6.81. The van der Waals surface area contributed by atoms with Crippen molar-refractivity contribution >= 4 is 27.3 Å². The van der Waals surface area contributed by atoms with E-state index in [0.29, 0.717) is 17.1 Å². The van der Waals surface area contributed by atoms with Gasteiger partial charge in [-0.2, -0.15) is 5.10 Å². The molecule has 8 nitrogen and oxygen atoms in total. The fourth-order valence-electron chi connectivity index (χ4n) is 3.18. The summed E-state index contributed by atoms with van der Waals surface area (Å²) < 4.78 is 48.7. The lowest BCUT2D eigenvalue weighted by Crippen LogP contribution is -2.38. The summed E-state index contributed by atoms with van der Waals surface area (Å²) in [4.78, 5) is 12.7. The van der Waals surface area contributed by atoms with Gasteiger partial charge in [0.05, 0.1) is 29.9 Å². The largest absolute Gasteiger partial charge is 0.497 e. The van der Waals surface area contributed by atoms with Crippen molar-refractivity contribution in [1.82, 2.24) is 9.78 Å². The van der Waals surface area contributed by atoms with Crippen molar-refractivity contribution in [3.63, 3.8) is 0 Å². The van der Waals surface area contributed by atoms with Gasteiger partial charge in [-0.05, 0) is 50.2 Å². The predicted octanol–water partition coefficient (Wildman–Crippen LogP) is 3.02. The van der Waals surface area contributed by atoms with Crippen LogP contribution in [0.5, 0.6) is 5.75 Å². The molecule has 1 N–H and O–H groups in total. The first kappa shape index (κ1) is 22.3. The van der Waals surface area contributed by atoms with E-state index in [1.54, 1.807) is 39.1 Å². The van der Waals surface area contributed by atoms with Crippen LogP contribution in [0.15, 0.2) is 53.4 Å². The molecular weight excluding hydrogens is 423 g/mol. The molecule has 1 amide bonds. The zero-order valence-electron chi connectivity index (χ0n) is 17.6. The van der Waals surface area contributed by atoms with Crippen LogP contribution in [0.4, 0.5) is 15.8 Å². The van der Waals surface area contributed by atoms with Gasteiger partial charge in [-0.25, -0.2) is 12.8 Å². The first-order chi connectivity index (χ1) is 14.6. The summed E-state index contributed by atoms with van der Waals surface area (Å²) in [5.41, 5.74) is 0.971. The number of halogens is 1. The second-order valence-corrected chi connectivity index (χ2v) is 8.66. The molecule has 10 heteroatoms. The maximum atomic E-state index is 13.9. The molecule has 164 valence electrons. The lowest BCUT2D eigenvalue weighted by atomic mass is 10.3. The molecule has 2 aromatic carbocycles. The predicted molar refractivity (Wildman–Crippen MR) is 115 cm³/mol. The summed E-state index contributed by atoms with van der Waals surface area (Å²) in [7, 11) is -1.02. The van der Waals surface area contributed by atoms with Gasteiger partial charge in [0.25, 0.3) is 10.0 Å². The van der Waals surface area contributed by atoms with Crippen LogP contribution in [0.1, 0.15) is 11.4 Å². The number of carbonyl (C=O) groups is 1. The average Bonchev–Trinajstić information content (AvgIpc) is 3.00. The number of methoxy groups -OCH3 is 1. The standard InChI is InChI=1S/C21H23FN4O4S/c1-14-21(15(2)25(3)24-14)31(28,29)26(16-9-11-17(30-4)12-10-16)13-20(27)23-19-8-6-5-7-18(19)22/h5-12H,13H2,1-4H3,(H,23,27). The average molecular weight is 447 g/mol. The molecule has 0 aliphatic rings. The number of nitrogens with one attached hydrogen (secondary N) is 1. The minimum atomic E-state index is -4.16. The maximum Gasteiger partial charge on any atom is 0.268 e. The van der Waals surface area contributed by atoms with E-state index in [-0.39, 0.29) is 16.3 Å². The molecule has 1 heterocycles. The third kappa shape index (κ3) is 4.53. The van der Waals surface area contributed by atoms with Crippen LogP contribution in [0.3, 0.4) is 0 Å². The molecule has 0 atom stereocenters. The van der Waals surface area contributed by atoms with Gasteiger partial charge in [0.2, 0.25) is 5.91 Å². The fraction of sp³-hybridized carbons (Fsp3) is 0.238. The van der Waals surface area contributed by atoms with E-state index in [2.05, 4.69) is 10.4 Å². The number of amides is 1. The Morgan fingerprint density at radius 1 is 1.16 bits per heavy atom. The zero-order valence-corrected chi connectivity index (χ0v) is 18.4. The van der Waals surface area contributed by atoms with Gasteiger partial charge < -0.3 is 10.1 Å². The SMILES string of the molecule is COc1ccc(N(CC(=O)Nc2ccccc2F)S(=O)(=O)c2c(C)nn(C)c2C)cc1. The molecule has 0 bridgehead atoms. The number of para-hydroxylation sites is 1. The summed E-state index contributed by atoms with van der Waals surface area (Å²) in [5.74, 6) is -0.775. The Morgan fingerprint density at radius 3 is 2.35 bits per heavy atom. The van der Waals surface area contributed by atoms with Crippen LogP contribution in [-0.2, 0) is 21.9 Å². The minimum Gasteiger partial charge on any atom is -0.497 e. The maximum absolute atomic E-state index is 13.9. The molecule has 0 radical (unpaired) electrons. The summed E-state index contributed by atoms with van der Waals surface area (Å²) in [6.07, 6.45) is 0. The van der Waals surface area contributed by atoms with E-state index in [0.717, 1.165) is 4.31 Å². The first-order valence-corrected chi connectivity index (χ1v) is 10.8. The summed E-state index contributed by atoms with van der Waals surface area (Å²) >= 11 is 0. The molecule has 31 heavy (non-hydrogen) atoms. The Balaban J connectivity index is 2.02. The van der Waals surface area contributed by atoms with Gasteiger partial charge >= 0.3 is 0 Å². The highest BCUT2D eigenvalue weighted by atomic mass is 32.2. The Bertz CT molecular complexity index is 1210. The molecule has 0 saturated carbocycles. The van der Waals surface area contributed by atoms with Crippen molar-refractivity contribution in [2.24, 2.45) is 7.05 Å². The van der Waals surface area contributed by atoms with Gasteiger partial charge in [0.1, 0.15) is 23.0 Å². The van der Waals surface area contributed by atoms with E-state index in [1.807, 2.05) is 0 Å². The number of carbonyl (C=O) groups excluding carboxylic acids is 1. The van der Waals surface area contributed by atoms with Crippen molar-refractivity contribution in [1.29, 1.82) is 0 Å². The number of ether oxygens (including phenoxy) is 1. The van der Waals surface area contributed by atoms with Gasteiger partial charge in [-0.15, -0.1) is 0 Å². The number of hydrogen-bond donors (Lipinski definition) is 1. The number of hydrogen-bond acceptors (Lipinski definition) is 5. The number of benzene rings is 2. The monoisotopic (exact) mass is 446 g/mol. The highest BCUT2D eigenvalue weighted by Crippen LogP contribution is 2.29. The van der Waals surface area contributed by atoms with Crippen LogP contribution in [0.25, 0.3) is 0 Å². The van der Waals surface area contributed by atoms with Crippen molar-refractivity contribution in [2.45, 2.75) is 18.7 Å². The Hall–Kier alpha value is -3.40. The molecule has 0 aliphatic carbocycles. The van der Waals surface area contributed by atoms with Crippen LogP contribution in [0.2, 0.25) is 0 Å². The highest BCUT2D eigenvalue weighted by Gasteiger charge is 2.32. The van der Waals surface area contributed by atoms with E-state index >= 15 is 0 Å². The fourth-order valence-corrected chi connectivity index (χ4v) is 5.01. The summed E-state index contributed by atoms with van der Waals surface area (Å²) in [6.45, 7) is 2.67. The van der Waals surface area contributed by atoms with Crippen molar-refractivity contribution in [2.75, 3.05) is 23.3 Å². The zero-order chi connectivity index (χ0) is 22.8. The number of rotatable bonds is 7. The highest BCUT2D eigenvalue weighted by molar-refractivity contribution is 7.93. The quantitative estimate of drug-likeness (QED) is 0.602. The van der Waals surface area contributed by atoms with Crippen LogP contribution in [0, 0.1) is 19.7 Å². The number of aryl methyl sites for hydroxylation is 2. The molecule has 3 rings (SSSR count). The molecule has 3 aromatic rings. The number of sulfonamides is 1. The van der Waals surface area contributed by atoms with Crippen LogP contribution in [-0.4, -0.2) is 37.8 Å². The summed E-state index contributed by atoms with van der Waals surface area (Å²) in [5, 5.41) is 6.60. The topological polar surface area (TPSA) is 93.5 Å². The van der Waals surface area contributed by atoms with E-state index in [9.17, 15) is 17.6 Å². The lowest BCUT2D eigenvalue weighted by Gasteiger charge is -2.24. The molecule has 0 saturated heterocycles. The van der Waals surface area contributed by atoms with Crippen LogP contribution < -0.4 is 14.4 Å².